The lowest BCUT2D eigenvalue weighted by Gasteiger charge is -2.34. The molecular weight excluding hydrogens is 228 g/mol. The molecule has 2 heterocycles. The van der Waals surface area contributed by atoms with Crippen LogP contribution in [0.15, 0.2) is 18.5 Å². The first kappa shape index (κ1) is 13.2. The lowest BCUT2D eigenvalue weighted by Crippen LogP contribution is -2.47. The molecule has 0 aromatic carbocycles. The second-order valence-corrected chi connectivity index (χ2v) is 4.66. The third-order valence-electron chi connectivity index (χ3n) is 3.34. The van der Waals surface area contributed by atoms with Crippen molar-refractivity contribution >= 4 is 5.95 Å². The maximum absolute atomic E-state index is 8.73. The lowest BCUT2D eigenvalue weighted by atomic mass is 10.2. The summed E-state index contributed by atoms with van der Waals surface area (Å²) in [5.41, 5.74) is 0. The molecule has 2 rings (SSSR count). The highest BCUT2D eigenvalue weighted by atomic mass is 16.2. The monoisotopic (exact) mass is 250 g/mol. The van der Waals surface area contributed by atoms with Crippen molar-refractivity contribution in [1.29, 1.82) is 0 Å². The Morgan fingerprint density at radius 2 is 1.72 bits per heavy atom. The van der Waals surface area contributed by atoms with Crippen LogP contribution < -0.4 is 4.90 Å². The molecule has 1 aliphatic heterocycles. The van der Waals surface area contributed by atoms with E-state index in [9.17, 15) is 0 Å². The average Bonchev–Trinajstić information content (AvgIpc) is 2.45. The van der Waals surface area contributed by atoms with Crippen molar-refractivity contribution in [2.45, 2.75) is 19.3 Å². The zero-order valence-electron chi connectivity index (χ0n) is 10.8. The summed E-state index contributed by atoms with van der Waals surface area (Å²) in [5.74, 6) is 0.845. The summed E-state index contributed by atoms with van der Waals surface area (Å²) in [5, 5.41) is 8.73. The number of aromatic nitrogens is 2. The van der Waals surface area contributed by atoms with Gasteiger partial charge in [-0.15, -0.1) is 0 Å². The number of nitrogens with zero attached hydrogens (tertiary/aromatic N) is 4. The first-order valence-corrected chi connectivity index (χ1v) is 6.75. The van der Waals surface area contributed by atoms with Crippen molar-refractivity contribution in [3.63, 3.8) is 0 Å². The third kappa shape index (κ3) is 3.92. The standard InChI is InChI=1S/C13H22N4O/c18-12-3-1-2-7-16-8-10-17(11-9-16)13-14-5-4-6-15-13/h4-6,18H,1-3,7-12H2. The fourth-order valence-corrected chi connectivity index (χ4v) is 2.25. The number of unbranched alkanes of at least 4 members (excludes halogenated alkanes) is 2. The maximum Gasteiger partial charge on any atom is 0.225 e. The Hall–Kier alpha value is -1.20. The topological polar surface area (TPSA) is 52.5 Å². The highest BCUT2D eigenvalue weighted by Crippen LogP contribution is 2.10. The average molecular weight is 250 g/mol. The Kier molecular flexibility index (Phi) is 5.36. The summed E-state index contributed by atoms with van der Waals surface area (Å²) in [6.45, 7) is 5.63. The van der Waals surface area contributed by atoms with Gasteiger partial charge in [0.25, 0.3) is 0 Å². The van der Waals surface area contributed by atoms with Gasteiger partial charge in [0.15, 0.2) is 0 Å². The Bertz CT molecular complexity index is 325. The molecule has 100 valence electrons. The van der Waals surface area contributed by atoms with Crippen LogP contribution in [0.4, 0.5) is 5.95 Å². The molecule has 1 fully saturated rings. The molecule has 18 heavy (non-hydrogen) atoms. The van der Waals surface area contributed by atoms with E-state index >= 15 is 0 Å². The van der Waals surface area contributed by atoms with Crippen molar-refractivity contribution in [2.75, 3.05) is 44.2 Å². The van der Waals surface area contributed by atoms with E-state index in [2.05, 4.69) is 19.8 Å². The van der Waals surface area contributed by atoms with E-state index in [0.717, 1.165) is 51.5 Å². The highest BCUT2D eigenvalue weighted by molar-refractivity contribution is 5.29. The molecule has 0 bridgehead atoms. The fourth-order valence-electron chi connectivity index (χ4n) is 2.25. The van der Waals surface area contributed by atoms with Crippen LogP contribution in [0.3, 0.4) is 0 Å². The predicted octanol–water partition coefficient (Wildman–Crippen LogP) is 0.761. The van der Waals surface area contributed by atoms with Crippen molar-refractivity contribution < 1.29 is 5.11 Å². The molecule has 1 N–H and O–H groups in total. The van der Waals surface area contributed by atoms with Gasteiger partial charge < -0.3 is 10.0 Å². The van der Waals surface area contributed by atoms with Crippen LogP contribution in [0.1, 0.15) is 19.3 Å². The molecule has 0 atom stereocenters. The normalized spacial score (nSPS) is 17.1. The predicted molar refractivity (Wildman–Crippen MR) is 71.6 cm³/mol. The molecule has 1 aromatic heterocycles. The third-order valence-corrected chi connectivity index (χ3v) is 3.34. The number of rotatable bonds is 6. The minimum absolute atomic E-state index is 0.319. The molecule has 1 saturated heterocycles. The van der Waals surface area contributed by atoms with Crippen molar-refractivity contribution in [3.05, 3.63) is 18.5 Å². The fraction of sp³-hybridized carbons (Fsp3) is 0.692. The number of anilines is 1. The Morgan fingerprint density at radius 3 is 2.39 bits per heavy atom. The zero-order chi connectivity index (χ0) is 12.6. The second-order valence-electron chi connectivity index (χ2n) is 4.66. The van der Waals surface area contributed by atoms with Crippen molar-refractivity contribution in [2.24, 2.45) is 0 Å². The quantitative estimate of drug-likeness (QED) is 0.756. The van der Waals surface area contributed by atoms with Gasteiger partial charge in [0.05, 0.1) is 0 Å². The molecule has 0 aliphatic carbocycles. The van der Waals surface area contributed by atoms with Crippen LogP contribution in [0, 0.1) is 0 Å². The molecule has 0 radical (unpaired) electrons. The summed E-state index contributed by atoms with van der Waals surface area (Å²) in [6.07, 6.45) is 6.83. The molecule has 5 nitrogen and oxygen atoms in total. The molecule has 1 aliphatic rings. The number of hydrogen-bond donors (Lipinski definition) is 1. The Morgan fingerprint density at radius 1 is 1.00 bits per heavy atom. The van der Waals surface area contributed by atoms with Crippen LogP contribution in [0.25, 0.3) is 0 Å². The summed E-state index contributed by atoms with van der Waals surface area (Å²) >= 11 is 0. The number of aliphatic hydroxyl groups excluding tert-OH is 1. The molecule has 0 spiro atoms. The van der Waals surface area contributed by atoms with Crippen molar-refractivity contribution in [1.82, 2.24) is 14.9 Å². The van der Waals surface area contributed by atoms with E-state index in [-0.39, 0.29) is 0 Å². The van der Waals surface area contributed by atoms with Crippen molar-refractivity contribution in [3.8, 4) is 0 Å². The van der Waals surface area contributed by atoms with E-state index < -0.39 is 0 Å². The van der Waals surface area contributed by atoms with Crippen LogP contribution in [-0.2, 0) is 0 Å². The molecule has 0 amide bonds. The van der Waals surface area contributed by atoms with E-state index in [1.165, 1.54) is 6.42 Å². The summed E-state index contributed by atoms with van der Waals surface area (Å²) < 4.78 is 0. The van der Waals surface area contributed by atoms with Gasteiger partial charge in [-0.05, 0) is 31.9 Å². The first-order valence-electron chi connectivity index (χ1n) is 6.75. The molecule has 0 unspecified atom stereocenters. The molecular formula is C13H22N4O. The summed E-state index contributed by atoms with van der Waals surface area (Å²) in [6, 6.07) is 1.85. The molecule has 0 saturated carbocycles. The van der Waals surface area contributed by atoms with E-state index in [1.54, 1.807) is 12.4 Å². The number of piperazine rings is 1. The number of hydrogen-bond acceptors (Lipinski definition) is 5. The minimum Gasteiger partial charge on any atom is -0.396 e. The van der Waals surface area contributed by atoms with E-state index in [4.69, 9.17) is 5.11 Å². The van der Waals surface area contributed by atoms with E-state index in [1.807, 2.05) is 6.07 Å². The van der Waals surface area contributed by atoms with Gasteiger partial charge in [-0.25, -0.2) is 9.97 Å². The van der Waals surface area contributed by atoms with Gasteiger partial charge in [0, 0.05) is 45.2 Å². The zero-order valence-corrected chi connectivity index (χ0v) is 10.8. The minimum atomic E-state index is 0.319. The molecule has 5 heteroatoms. The van der Waals surface area contributed by atoms with E-state index in [0.29, 0.717) is 6.61 Å². The number of aliphatic hydroxyl groups is 1. The van der Waals surface area contributed by atoms with Crippen LogP contribution >= 0.6 is 0 Å². The SMILES string of the molecule is OCCCCCN1CCN(c2ncccn2)CC1. The smallest absolute Gasteiger partial charge is 0.225 e. The Balaban J connectivity index is 1.68. The first-order chi connectivity index (χ1) is 8.90. The molecule has 1 aromatic rings. The maximum atomic E-state index is 8.73. The highest BCUT2D eigenvalue weighted by Gasteiger charge is 2.17. The largest absolute Gasteiger partial charge is 0.396 e. The summed E-state index contributed by atoms with van der Waals surface area (Å²) in [4.78, 5) is 13.3. The van der Waals surface area contributed by atoms with Crippen LogP contribution in [0.5, 0.6) is 0 Å². The Labute approximate surface area is 108 Å². The van der Waals surface area contributed by atoms with Gasteiger partial charge in [-0.3, -0.25) is 4.90 Å². The van der Waals surface area contributed by atoms with Gasteiger partial charge in [0.1, 0.15) is 0 Å². The van der Waals surface area contributed by atoms with Crippen LogP contribution in [0.2, 0.25) is 0 Å². The summed E-state index contributed by atoms with van der Waals surface area (Å²) in [7, 11) is 0. The van der Waals surface area contributed by atoms with Gasteiger partial charge >= 0.3 is 0 Å². The van der Waals surface area contributed by atoms with Crippen LogP contribution in [-0.4, -0.2) is 59.3 Å². The van der Waals surface area contributed by atoms with Gasteiger partial charge in [-0.1, -0.05) is 0 Å². The van der Waals surface area contributed by atoms with Gasteiger partial charge in [-0.2, -0.15) is 0 Å². The second kappa shape index (κ2) is 7.28. The lowest BCUT2D eigenvalue weighted by molar-refractivity contribution is 0.241. The van der Waals surface area contributed by atoms with Gasteiger partial charge in [0.2, 0.25) is 5.95 Å².